The topological polar surface area (TPSA) is 250 Å². The van der Waals surface area contributed by atoms with E-state index in [2.05, 4.69) is 41.5 Å². The third-order valence-corrected chi connectivity index (χ3v) is 12.3. The van der Waals surface area contributed by atoms with Crippen molar-refractivity contribution in [3.05, 3.63) is 89.0 Å². The van der Waals surface area contributed by atoms with Crippen LogP contribution in [-0.4, -0.2) is 167 Å². The number of amides is 6. The van der Waals surface area contributed by atoms with E-state index in [1.165, 1.54) is 37.7 Å². The Balaban J connectivity index is 0.657. The molecule has 2 fully saturated rings. The molecule has 5 N–H and O–H groups in total. The summed E-state index contributed by atoms with van der Waals surface area (Å²) in [4.78, 5) is 87.4. The number of carbonyl (C=O) groups is 6. The average Bonchev–Trinajstić information content (AvgIpc) is 3.63. The van der Waals surface area contributed by atoms with Gasteiger partial charge in [-0.05, 0) is 55.7 Å². The van der Waals surface area contributed by atoms with Gasteiger partial charge in [-0.2, -0.15) is 0 Å². The van der Waals surface area contributed by atoms with Gasteiger partial charge in [-0.25, -0.2) is 14.4 Å². The number of hydrogen-bond acceptors (Lipinski definition) is 17. The Kier molecular flexibility index (Phi) is 20.3. The van der Waals surface area contributed by atoms with Gasteiger partial charge in [0.05, 0.1) is 101 Å². The average molecular weight is 1030 g/mol. The molecule has 23 heteroatoms. The van der Waals surface area contributed by atoms with E-state index in [9.17, 15) is 33.2 Å². The van der Waals surface area contributed by atoms with Crippen LogP contribution in [0.1, 0.15) is 52.8 Å². The fraction of sp³-hybridized carbons (Fsp3) is 0.440. The number of fused-ring (bicyclic) bond motifs is 2. The Labute approximate surface area is 425 Å². The molecule has 0 saturated carbocycles. The van der Waals surface area contributed by atoms with Gasteiger partial charge in [0.25, 0.3) is 11.8 Å². The van der Waals surface area contributed by atoms with E-state index in [-0.39, 0.29) is 59.9 Å². The van der Waals surface area contributed by atoms with Crippen molar-refractivity contribution in [2.75, 3.05) is 115 Å². The Morgan fingerprint density at radius 2 is 1.53 bits per heavy atom. The fourth-order valence-electron chi connectivity index (χ4n) is 8.27. The molecule has 0 radical (unpaired) electrons. The van der Waals surface area contributed by atoms with Gasteiger partial charge in [-0.3, -0.25) is 43.9 Å². The summed E-state index contributed by atoms with van der Waals surface area (Å²) < 4.78 is 47.0. The van der Waals surface area contributed by atoms with Gasteiger partial charge in [-0.15, -0.1) is 0 Å². The normalized spacial score (nSPS) is 16.3. The number of piperidine rings is 2. The molecule has 7 rings (SSSR count). The van der Waals surface area contributed by atoms with Gasteiger partial charge >= 0.3 is 0 Å². The first-order chi connectivity index (χ1) is 35.5. The molecular formula is C50H59ClFN9O12. The smallest absolute Gasteiger partial charge is 0.264 e. The Morgan fingerprint density at radius 3 is 2.22 bits per heavy atom. The highest BCUT2D eigenvalue weighted by Crippen LogP contribution is 2.35. The number of nitrogens with one attached hydrogen (secondary N) is 5. The molecule has 390 valence electrons. The molecule has 2 saturated heterocycles. The summed E-state index contributed by atoms with van der Waals surface area (Å²) in [5.74, 6) is -2.32. The molecule has 3 aliphatic rings. The first-order valence-electron chi connectivity index (χ1n) is 24.0. The van der Waals surface area contributed by atoms with Crippen LogP contribution in [0.25, 0.3) is 10.9 Å². The van der Waals surface area contributed by atoms with E-state index in [4.69, 9.17) is 40.0 Å². The van der Waals surface area contributed by atoms with Crippen LogP contribution in [0, 0.1) is 5.82 Å². The number of rotatable bonds is 28. The molecule has 3 aliphatic heterocycles. The predicted molar refractivity (Wildman–Crippen MR) is 266 cm³/mol. The minimum absolute atomic E-state index is 0.0340. The van der Waals surface area contributed by atoms with E-state index in [1.807, 2.05) is 0 Å². The molecule has 0 aliphatic carbocycles. The van der Waals surface area contributed by atoms with E-state index >= 15 is 0 Å². The zero-order valence-electron chi connectivity index (χ0n) is 40.4. The Hall–Kier alpha value is -6.66. The van der Waals surface area contributed by atoms with Crippen molar-refractivity contribution < 1.29 is 61.6 Å². The maximum Gasteiger partial charge on any atom is 0.264 e. The lowest BCUT2D eigenvalue weighted by Gasteiger charge is -2.31. The lowest BCUT2D eigenvalue weighted by Crippen LogP contribution is -2.54. The lowest BCUT2D eigenvalue weighted by molar-refractivity contribution is -0.136. The second kappa shape index (κ2) is 27.4. The quantitative estimate of drug-likeness (QED) is 0.0303. The number of ether oxygens (including phenoxy) is 6. The first kappa shape index (κ1) is 54.1. The molecule has 1 atom stereocenters. The molecule has 6 amide bonds. The molecule has 4 aromatic rings. The molecule has 73 heavy (non-hydrogen) atoms. The minimum atomic E-state index is -1.03. The molecular weight excluding hydrogens is 973 g/mol. The van der Waals surface area contributed by atoms with Crippen LogP contribution in [0.3, 0.4) is 0 Å². The van der Waals surface area contributed by atoms with Gasteiger partial charge in [-0.1, -0.05) is 23.7 Å². The van der Waals surface area contributed by atoms with Gasteiger partial charge in [0, 0.05) is 74.0 Å². The van der Waals surface area contributed by atoms with E-state index in [0.717, 1.165) is 30.8 Å². The highest BCUT2D eigenvalue weighted by Gasteiger charge is 2.45. The summed E-state index contributed by atoms with van der Waals surface area (Å²) >= 11 is 5.95. The molecule has 4 heterocycles. The van der Waals surface area contributed by atoms with Crippen molar-refractivity contribution in [3.8, 4) is 5.75 Å². The summed E-state index contributed by atoms with van der Waals surface area (Å²) in [6.07, 6.45) is 6.60. The molecule has 0 bridgehead atoms. The zero-order valence-corrected chi connectivity index (χ0v) is 41.1. The Bertz CT molecular complexity index is 2640. The molecule has 1 aromatic heterocycles. The number of anilines is 4. The lowest BCUT2D eigenvalue weighted by atomic mass is 10.0. The van der Waals surface area contributed by atoms with Crippen molar-refractivity contribution in [2.24, 2.45) is 0 Å². The van der Waals surface area contributed by atoms with Crippen LogP contribution in [0.15, 0.2) is 67.0 Å². The van der Waals surface area contributed by atoms with Gasteiger partial charge in [0.15, 0.2) is 0 Å². The number of likely N-dealkylation sites (tertiary alicyclic amines) is 1. The summed E-state index contributed by atoms with van der Waals surface area (Å²) in [6, 6.07) is 11.6. The summed E-state index contributed by atoms with van der Waals surface area (Å²) in [5, 5.41) is 15.0. The monoisotopic (exact) mass is 1030 g/mol. The Morgan fingerprint density at radius 1 is 0.836 bits per heavy atom. The van der Waals surface area contributed by atoms with E-state index < -0.39 is 35.5 Å². The molecule has 0 spiro atoms. The van der Waals surface area contributed by atoms with Gasteiger partial charge < -0.3 is 49.7 Å². The second-order valence-corrected chi connectivity index (χ2v) is 17.4. The molecule has 1 unspecified atom stereocenters. The van der Waals surface area contributed by atoms with Crippen molar-refractivity contribution in [2.45, 2.75) is 44.2 Å². The number of methoxy groups -OCH3 is 1. The third-order valence-electron chi connectivity index (χ3n) is 12.0. The predicted octanol–water partition coefficient (Wildman–Crippen LogP) is 4.24. The van der Waals surface area contributed by atoms with E-state index in [1.54, 1.807) is 36.4 Å². The van der Waals surface area contributed by atoms with Gasteiger partial charge in [0.1, 0.15) is 29.8 Å². The van der Waals surface area contributed by atoms with E-state index in [0.29, 0.717) is 112 Å². The first-order valence-corrected chi connectivity index (χ1v) is 24.4. The second-order valence-electron chi connectivity index (χ2n) is 17.0. The summed E-state index contributed by atoms with van der Waals surface area (Å²) in [6.45, 7) is 5.99. The largest absolute Gasteiger partial charge is 0.494 e. The number of benzene rings is 3. The van der Waals surface area contributed by atoms with Crippen molar-refractivity contribution in [1.82, 2.24) is 30.4 Å². The summed E-state index contributed by atoms with van der Waals surface area (Å²) in [5.41, 5.74) is 2.37. The highest BCUT2D eigenvalue weighted by atomic mass is 35.5. The van der Waals surface area contributed by atoms with Gasteiger partial charge in [0.2, 0.25) is 23.6 Å². The maximum absolute atomic E-state index is 13.7. The SMILES string of the molecule is COc1cc2ncnc(Nc3ccc(F)c(Cl)c3)c2cc1NC(=O)/C=C/CN1CCC(NC(=O)CCOCCOCCOCCOCCOCCNc2cccc3c2C(=O)N(C2CCC(=O)NC2=O)C3=O)CC1. The number of carbonyl (C=O) groups excluding carboxylic acids is 6. The standard InChI is InChI=1S/C50H59ClFN9O12/c1-68-42-30-39-35(47(55-31-54-39)57-33-7-8-37(52)36(51)28-33)29-40(42)58-43(62)6-3-15-60-16-11-32(12-17-60)56-45(64)13-18-69-20-22-71-24-26-73-27-25-72-23-21-70-19-14-53-38-5-2-4-34-46(38)50(67)61(49(34)66)41-9-10-44(63)59-48(41)65/h2-8,28-32,41,53H,9-27H2,1H3,(H,56,64)(H,58,62)(H,54,55,57)(H,59,63,65)/b6-3+. The number of imide groups is 2. The van der Waals surface area contributed by atoms with Crippen LogP contribution in [0.2, 0.25) is 5.02 Å². The van der Waals surface area contributed by atoms with Crippen molar-refractivity contribution >= 4 is 80.8 Å². The van der Waals surface area contributed by atoms with Crippen LogP contribution < -0.4 is 31.3 Å². The fourth-order valence-corrected chi connectivity index (χ4v) is 8.45. The van der Waals surface area contributed by atoms with Crippen LogP contribution in [0.4, 0.5) is 27.3 Å². The van der Waals surface area contributed by atoms with Crippen molar-refractivity contribution in [1.29, 1.82) is 0 Å². The van der Waals surface area contributed by atoms with Crippen LogP contribution in [0.5, 0.6) is 5.75 Å². The van der Waals surface area contributed by atoms with Crippen molar-refractivity contribution in [3.63, 3.8) is 0 Å². The number of halogens is 2. The maximum atomic E-state index is 13.7. The number of aromatic nitrogens is 2. The van der Waals surface area contributed by atoms with Crippen LogP contribution >= 0.6 is 11.6 Å². The number of hydrogen-bond donors (Lipinski definition) is 5. The number of nitrogens with zero attached hydrogens (tertiary/aromatic N) is 4. The minimum Gasteiger partial charge on any atom is -0.494 e. The summed E-state index contributed by atoms with van der Waals surface area (Å²) in [7, 11) is 1.50. The van der Waals surface area contributed by atoms with Crippen LogP contribution in [-0.2, 0) is 42.9 Å². The molecule has 21 nitrogen and oxygen atoms in total. The molecule has 3 aromatic carbocycles. The highest BCUT2D eigenvalue weighted by molar-refractivity contribution is 6.31. The zero-order chi connectivity index (χ0) is 51.5. The third kappa shape index (κ3) is 15.4.